The summed E-state index contributed by atoms with van der Waals surface area (Å²) in [5, 5.41) is 29.7. The Balaban J connectivity index is 2.70. The maximum atomic E-state index is 12.8. The molecule has 5 nitrogen and oxygen atoms in total. The monoisotopic (exact) mass is 315 g/mol. The highest BCUT2D eigenvalue weighted by atomic mass is 16.3. The fourth-order valence-corrected chi connectivity index (χ4v) is 3.24. The van der Waals surface area contributed by atoms with Gasteiger partial charge in [0.1, 0.15) is 0 Å². The third-order valence-corrected chi connectivity index (χ3v) is 4.65. The maximum Gasteiger partial charge on any atom is 0.226 e. The van der Waals surface area contributed by atoms with Crippen LogP contribution in [0.4, 0.5) is 0 Å². The van der Waals surface area contributed by atoms with E-state index < -0.39 is 12.2 Å². The summed E-state index contributed by atoms with van der Waals surface area (Å²) < 4.78 is 0. The van der Waals surface area contributed by atoms with Gasteiger partial charge in [-0.05, 0) is 37.5 Å². The second-order valence-electron chi connectivity index (χ2n) is 7.36. The molecule has 0 aromatic carbocycles. The van der Waals surface area contributed by atoms with E-state index in [4.69, 9.17) is 0 Å². The summed E-state index contributed by atoms with van der Waals surface area (Å²) in [4.78, 5) is 14.5. The SMILES string of the molecule is CC(C)C[C@@H](O)[C@H](O)C[C@H](C(=O)N1CCCC1CO)C(C)C. The van der Waals surface area contributed by atoms with Gasteiger partial charge in [-0.3, -0.25) is 4.79 Å². The first-order valence-electron chi connectivity index (χ1n) is 8.55. The maximum absolute atomic E-state index is 12.8. The number of aliphatic hydroxyl groups excluding tert-OH is 3. The summed E-state index contributed by atoms with van der Waals surface area (Å²) in [6.45, 7) is 8.60. The molecule has 0 bridgehead atoms. The van der Waals surface area contributed by atoms with Crippen molar-refractivity contribution in [2.45, 2.75) is 71.6 Å². The van der Waals surface area contributed by atoms with Crippen molar-refractivity contribution in [2.24, 2.45) is 17.8 Å². The number of carbonyl (C=O) groups is 1. The molecule has 1 aliphatic heterocycles. The second kappa shape index (κ2) is 8.85. The molecule has 1 unspecified atom stereocenters. The number of rotatable bonds is 8. The van der Waals surface area contributed by atoms with Crippen LogP contribution in [-0.4, -0.2) is 57.5 Å². The van der Waals surface area contributed by atoms with Gasteiger partial charge in [0.2, 0.25) is 5.91 Å². The van der Waals surface area contributed by atoms with Gasteiger partial charge in [-0.2, -0.15) is 0 Å². The minimum Gasteiger partial charge on any atom is -0.394 e. The van der Waals surface area contributed by atoms with Crippen molar-refractivity contribution in [1.29, 1.82) is 0 Å². The smallest absolute Gasteiger partial charge is 0.226 e. The van der Waals surface area contributed by atoms with E-state index >= 15 is 0 Å². The van der Waals surface area contributed by atoms with Crippen molar-refractivity contribution in [3.8, 4) is 0 Å². The summed E-state index contributed by atoms with van der Waals surface area (Å²) in [6.07, 6.45) is 0.892. The van der Waals surface area contributed by atoms with Crippen LogP contribution in [0, 0.1) is 17.8 Å². The standard InChI is InChI=1S/C17H33NO4/c1-11(2)8-15(20)16(21)9-14(12(3)4)17(22)18-7-5-6-13(18)10-19/h11-16,19-21H,5-10H2,1-4H3/t13?,14-,15+,16+/m0/s1. The lowest BCUT2D eigenvalue weighted by atomic mass is 9.86. The molecule has 1 fully saturated rings. The van der Waals surface area contributed by atoms with Gasteiger partial charge in [-0.25, -0.2) is 0 Å². The van der Waals surface area contributed by atoms with E-state index in [1.54, 1.807) is 4.90 Å². The molecule has 1 aliphatic rings. The van der Waals surface area contributed by atoms with E-state index in [1.165, 1.54) is 0 Å². The molecular weight excluding hydrogens is 282 g/mol. The number of aliphatic hydroxyl groups is 3. The molecule has 4 atom stereocenters. The van der Waals surface area contributed by atoms with Gasteiger partial charge in [0.15, 0.2) is 0 Å². The lowest BCUT2D eigenvalue weighted by Gasteiger charge is -2.32. The van der Waals surface area contributed by atoms with Crippen LogP contribution in [0.25, 0.3) is 0 Å². The van der Waals surface area contributed by atoms with Crippen molar-refractivity contribution >= 4 is 5.91 Å². The second-order valence-corrected chi connectivity index (χ2v) is 7.36. The van der Waals surface area contributed by atoms with Crippen LogP contribution in [-0.2, 0) is 4.79 Å². The molecule has 1 rings (SSSR count). The van der Waals surface area contributed by atoms with E-state index in [-0.39, 0.29) is 36.8 Å². The molecule has 0 aromatic heterocycles. The lowest BCUT2D eigenvalue weighted by molar-refractivity contribution is -0.140. The van der Waals surface area contributed by atoms with Crippen LogP contribution < -0.4 is 0 Å². The quantitative estimate of drug-likeness (QED) is 0.632. The topological polar surface area (TPSA) is 81.0 Å². The Labute approximate surface area is 134 Å². The van der Waals surface area contributed by atoms with Crippen LogP contribution in [0.1, 0.15) is 53.4 Å². The number of hydrogen-bond donors (Lipinski definition) is 3. The molecule has 130 valence electrons. The minimum absolute atomic E-state index is 0.00217. The van der Waals surface area contributed by atoms with Gasteiger partial charge in [0, 0.05) is 12.5 Å². The zero-order chi connectivity index (χ0) is 16.9. The summed E-state index contributed by atoms with van der Waals surface area (Å²) in [5.41, 5.74) is 0. The Bertz CT molecular complexity index is 346. The predicted molar refractivity (Wildman–Crippen MR) is 86.2 cm³/mol. The highest BCUT2D eigenvalue weighted by Crippen LogP contribution is 2.27. The van der Waals surface area contributed by atoms with Gasteiger partial charge < -0.3 is 20.2 Å². The molecule has 1 heterocycles. The van der Waals surface area contributed by atoms with Gasteiger partial charge >= 0.3 is 0 Å². The highest BCUT2D eigenvalue weighted by Gasteiger charge is 2.36. The molecule has 0 saturated carbocycles. The fourth-order valence-electron chi connectivity index (χ4n) is 3.24. The summed E-state index contributed by atoms with van der Waals surface area (Å²) >= 11 is 0. The Morgan fingerprint density at radius 1 is 1.14 bits per heavy atom. The average Bonchev–Trinajstić information content (AvgIpc) is 2.90. The Kier molecular flexibility index (Phi) is 7.80. The van der Waals surface area contributed by atoms with Crippen LogP contribution in [0.5, 0.6) is 0 Å². The summed E-state index contributed by atoms with van der Waals surface area (Å²) in [5.74, 6) is 0.0786. The Morgan fingerprint density at radius 2 is 1.73 bits per heavy atom. The molecule has 1 saturated heterocycles. The van der Waals surface area contributed by atoms with Crippen molar-refractivity contribution in [2.75, 3.05) is 13.2 Å². The zero-order valence-electron chi connectivity index (χ0n) is 14.4. The summed E-state index contributed by atoms with van der Waals surface area (Å²) in [7, 11) is 0. The predicted octanol–water partition coefficient (Wildman–Crippen LogP) is 1.40. The number of amides is 1. The third-order valence-electron chi connectivity index (χ3n) is 4.65. The molecule has 5 heteroatoms. The molecule has 3 N–H and O–H groups in total. The van der Waals surface area contributed by atoms with E-state index in [9.17, 15) is 20.1 Å². The van der Waals surface area contributed by atoms with Gasteiger partial charge in [0.25, 0.3) is 0 Å². The molecular formula is C17H33NO4. The first-order valence-corrected chi connectivity index (χ1v) is 8.55. The number of hydrogen-bond acceptors (Lipinski definition) is 4. The fraction of sp³-hybridized carbons (Fsp3) is 0.941. The van der Waals surface area contributed by atoms with E-state index in [0.717, 1.165) is 12.8 Å². The molecule has 0 radical (unpaired) electrons. The van der Waals surface area contributed by atoms with Crippen molar-refractivity contribution in [3.05, 3.63) is 0 Å². The van der Waals surface area contributed by atoms with E-state index in [0.29, 0.717) is 18.9 Å². The Hall–Kier alpha value is -0.650. The number of likely N-dealkylation sites (tertiary alicyclic amines) is 1. The Morgan fingerprint density at radius 3 is 2.23 bits per heavy atom. The first kappa shape index (κ1) is 19.4. The molecule has 0 aromatic rings. The van der Waals surface area contributed by atoms with Crippen molar-refractivity contribution in [3.63, 3.8) is 0 Å². The normalized spacial score (nSPS) is 23.1. The number of nitrogens with zero attached hydrogens (tertiary/aromatic N) is 1. The minimum atomic E-state index is -0.881. The van der Waals surface area contributed by atoms with E-state index in [2.05, 4.69) is 0 Å². The lowest BCUT2D eigenvalue weighted by Crippen LogP contribution is -2.44. The molecule has 0 spiro atoms. The zero-order valence-corrected chi connectivity index (χ0v) is 14.4. The van der Waals surface area contributed by atoms with Gasteiger partial charge in [-0.15, -0.1) is 0 Å². The van der Waals surface area contributed by atoms with Crippen LogP contribution in [0.15, 0.2) is 0 Å². The molecule has 22 heavy (non-hydrogen) atoms. The van der Waals surface area contributed by atoms with Crippen LogP contribution in [0.3, 0.4) is 0 Å². The van der Waals surface area contributed by atoms with Gasteiger partial charge in [-0.1, -0.05) is 27.7 Å². The summed E-state index contributed by atoms with van der Waals surface area (Å²) in [6, 6.07) is -0.0912. The largest absolute Gasteiger partial charge is 0.394 e. The number of carbonyl (C=O) groups excluding carboxylic acids is 1. The van der Waals surface area contributed by atoms with E-state index in [1.807, 2.05) is 27.7 Å². The third kappa shape index (κ3) is 5.21. The van der Waals surface area contributed by atoms with Crippen LogP contribution in [0.2, 0.25) is 0 Å². The molecule has 0 aliphatic carbocycles. The first-order chi connectivity index (χ1) is 10.3. The van der Waals surface area contributed by atoms with Crippen molar-refractivity contribution in [1.82, 2.24) is 4.90 Å². The molecule has 1 amide bonds. The van der Waals surface area contributed by atoms with Gasteiger partial charge in [0.05, 0.1) is 24.9 Å². The van der Waals surface area contributed by atoms with Crippen LogP contribution >= 0.6 is 0 Å². The van der Waals surface area contributed by atoms with Crippen molar-refractivity contribution < 1.29 is 20.1 Å². The average molecular weight is 315 g/mol. The highest BCUT2D eigenvalue weighted by molar-refractivity contribution is 5.79.